The van der Waals surface area contributed by atoms with Crippen molar-refractivity contribution in [3.8, 4) is 11.5 Å². The highest BCUT2D eigenvalue weighted by Crippen LogP contribution is 2.38. The maximum absolute atomic E-state index is 13.5. The van der Waals surface area contributed by atoms with Gasteiger partial charge in [0.05, 0.1) is 16.9 Å². The van der Waals surface area contributed by atoms with Gasteiger partial charge in [-0.3, -0.25) is 4.90 Å². The Labute approximate surface area is 200 Å². The molecule has 0 aromatic heterocycles. The van der Waals surface area contributed by atoms with E-state index in [1.54, 1.807) is 0 Å². The Balaban J connectivity index is 1.26. The number of para-hydroxylation sites is 2. The lowest BCUT2D eigenvalue weighted by Crippen LogP contribution is -2.48. The summed E-state index contributed by atoms with van der Waals surface area (Å²) in [6.45, 7) is 3.83. The lowest BCUT2D eigenvalue weighted by Gasteiger charge is -2.36. The number of piperazine rings is 1. The first-order chi connectivity index (χ1) is 16.9. The van der Waals surface area contributed by atoms with Gasteiger partial charge in [0.25, 0.3) is 0 Å². The molecule has 0 atom stereocenters. The molecule has 0 amide bonds. The van der Waals surface area contributed by atoms with Gasteiger partial charge >= 0.3 is 6.18 Å². The number of alkyl halides is 3. The van der Waals surface area contributed by atoms with Crippen LogP contribution in [0.3, 0.4) is 0 Å². The van der Waals surface area contributed by atoms with Gasteiger partial charge in [0.2, 0.25) is 6.79 Å². The number of hydrogen-bond acceptors (Lipinski definition) is 6. The van der Waals surface area contributed by atoms with Gasteiger partial charge < -0.3 is 19.7 Å². The van der Waals surface area contributed by atoms with Crippen LogP contribution in [0.2, 0.25) is 0 Å². The summed E-state index contributed by atoms with van der Waals surface area (Å²) in [5.41, 5.74) is 3.00. The maximum atomic E-state index is 13.5. The molecular weight excluding hydrogens is 457 g/mol. The summed E-state index contributed by atoms with van der Waals surface area (Å²) in [7, 11) is 0. The van der Waals surface area contributed by atoms with E-state index in [0.717, 1.165) is 48.5 Å². The fourth-order valence-corrected chi connectivity index (χ4v) is 4.67. The average molecular weight is 480 g/mol. The first-order valence-corrected chi connectivity index (χ1v) is 11.5. The molecule has 35 heavy (non-hydrogen) atoms. The Bertz CT molecular complexity index is 1300. The van der Waals surface area contributed by atoms with Crippen molar-refractivity contribution in [1.82, 2.24) is 9.80 Å². The van der Waals surface area contributed by atoms with E-state index in [0.29, 0.717) is 35.9 Å². The fraction of sp³-hybridized carbons (Fsp3) is 0.269. The molecule has 3 aromatic carbocycles. The Kier molecular flexibility index (Phi) is 5.29. The quantitative estimate of drug-likeness (QED) is 0.533. The predicted molar refractivity (Wildman–Crippen MR) is 127 cm³/mol. The Morgan fingerprint density at radius 3 is 2.49 bits per heavy atom. The Morgan fingerprint density at radius 2 is 1.66 bits per heavy atom. The third kappa shape index (κ3) is 4.27. The van der Waals surface area contributed by atoms with Gasteiger partial charge in [0, 0.05) is 44.0 Å². The minimum atomic E-state index is -4.43. The number of rotatable bonds is 2. The van der Waals surface area contributed by atoms with E-state index in [1.165, 1.54) is 12.1 Å². The van der Waals surface area contributed by atoms with Gasteiger partial charge in [-0.05, 0) is 48.0 Å². The van der Waals surface area contributed by atoms with Crippen LogP contribution in [0.15, 0.2) is 65.7 Å². The monoisotopic (exact) mass is 480 g/mol. The summed E-state index contributed by atoms with van der Waals surface area (Å²) < 4.78 is 51.5. The van der Waals surface area contributed by atoms with Crippen molar-refractivity contribution < 1.29 is 22.6 Å². The number of fused-ring (bicyclic) bond motifs is 3. The van der Waals surface area contributed by atoms with E-state index in [2.05, 4.69) is 15.1 Å². The molecule has 3 aliphatic rings. The van der Waals surface area contributed by atoms with Crippen molar-refractivity contribution in [2.24, 2.45) is 4.99 Å². The van der Waals surface area contributed by atoms with E-state index in [9.17, 15) is 13.2 Å². The second-order valence-corrected chi connectivity index (χ2v) is 8.79. The Morgan fingerprint density at radius 1 is 0.857 bits per heavy atom. The second-order valence-electron chi connectivity index (χ2n) is 8.79. The zero-order valence-electron chi connectivity index (χ0n) is 18.8. The number of ether oxygens (including phenoxy) is 2. The van der Waals surface area contributed by atoms with E-state index < -0.39 is 11.7 Å². The maximum Gasteiger partial charge on any atom is 0.416 e. The smallest absolute Gasteiger partial charge is 0.416 e. The van der Waals surface area contributed by atoms with E-state index in [-0.39, 0.29) is 6.79 Å². The molecule has 3 aliphatic heterocycles. The zero-order valence-corrected chi connectivity index (χ0v) is 18.8. The van der Waals surface area contributed by atoms with Gasteiger partial charge in [-0.15, -0.1) is 0 Å². The van der Waals surface area contributed by atoms with Crippen LogP contribution in [-0.4, -0.2) is 48.6 Å². The van der Waals surface area contributed by atoms with Crippen LogP contribution >= 0.6 is 0 Å². The number of benzene rings is 3. The summed E-state index contributed by atoms with van der Waals surface area (Å²) in [5, 5.41) is 3.27. The molecule has 180 valence electrons. The van der Waals surface area contributed by atoms with Crippen LogP contribution in [-0.2, 0) is 12.7 Å². The summed E-state index contributed by atoms with van der Waals surface area (Å²) in [4.78, 5) is 9.25. The second kappa shape index (κ2) is 8.49. The third-order valence-corrected chi connectivity index (χ3v) is 6.50. The molecule has 0 unspecified atom stereocenters. The third-order valence-electron chi connectivity index (χ3n) is 6.50. The molecule has 0 saturated carbocycles. The number of aliphatic imine (C=N–C) groups is 1. The fourth-order valence-electron chi connectivity index (χ4n) is 4.67. The van der Waals surface area contributed by atoms with Crippen LogP contribution in [0.5, 0.6) is 11.5 Å². The van der Waals surface area contributed by atoms with E-state index in [1.807, 2.05) is 42.5 Å². The van der Waals surface area contributed by atoms with Crippen LogP contribution in [0, 0.1) is 0 Å². The molecule has 3 aromatic rings. The number of nitrogens with one attached hydrogen (secondary N) is 1. The molecule has 1 saturated heterocycles. The van der Waals surface area contributed by atoms with Crippen molar-refractivity contribution in [3.05, 3.63) is 77.4 Å². The minimum absolute atomic E-state index is 0.245. The zero-order chi connectivity index (χ0) is 24.0. The predicted octanol–water partition coefficient (Wildman–Crippen LogP) is 5.39. The standard InChI is InChI=1S/C26H23F3N4O2/c27-26(28,29)18-6-7-20-19(14-18)25(31-22-4-2-1-3-21(22)30-20)33-11-9-32(10-12-33)15-17-5-8-23-24(13-17)35-16-34-23/h1-8,13-14,30H,9-12,15-16H2. The van der Waals surface area contributed by atoms with Gasteiger partial charge in [-0.25, -0.2) is 4.99 Å². The summed E-state index contributed by atoms with van der Waals surface area (Å²) in [6, 6.07) is 17.3. The highest BCUT2D eigenvalue weighted by Gasteiger charge is 2.33. The summed E-state index contributed by atoms with van der Waals surface area (Å²) in [5.74, 6) is 2.08. The van der Waals surface area contributed by atoms with Gasteiger partial charge in [0.15, 0.2) is 11.5 Å². The molecule has 6 rings (SSSR count). The highest BCUT2D eigenvalue weighted by atomic mass is 19.4. The molecular formula is C26H23F3N4O2. The molecule has 0 aliphatic carbocycles. The van der Waals surface area contributed by atoms with E-state index >= 15 is 0 Å². The molecule has 0 spiro atoms. The van der Waals surface area contributed by atoms with Crippen molar-refractivity contribution >= 4 is 22.9 Å². The first kappa shape index (κ1) is 21.8. The number of nitrogens with zero attached hydrogens (tertiary/aromatic N) is 3. The molecule has 6 nitrogen and oxygen atoms in total. The Hall–Kier alpha value is -3.72. The summed E-state index contributed by atoms with van der Waals surface area (Å²) >= 11 is 0. The average Bonchev–Trinajstić information content (AvgIpc) is 3.25. The topological polar surface area (TPSA) is 49.3 Å². The van der Waals surface area contributed by atoms with E-state index in [4.69, 9.17) is 14.5 Å². The SMILES string of the molecule is FC(F)(F)c1ccc2c(c1)C(N1CCN(Cc3ccc4c(c3)OCO4)CC1)=Nc1ccccc1N2. The molecule has 3 heterocycles. The molecule has 0 radical (unpaired) electrons. The minimum Gasteiger partial charge on any atom is -0.454 e. The molecule has 9 heteroatoms. The number of amidine groups is 1. The van der Waals surface area contributed by atoms with Crippen LogP contribution < -0.4 is 14.8 Å². The van der Waals surface area contributed by atoms with Crippen LogP contribution in [0.4, 0.5) is 30.2 Å². The van der Waals surface area contributed by atoms with Gasteiger partial charge in [0.1, 0.15) is 5.84 Å². The first-order valence-electron chi connectivity index (χ1n) is 11.5. The number of anilines is 2. The van der Waals surface area contributed by atoms with Crippen molar-refractivity contribution in [2.45, 2.75) is 12.7 Å². The van der Waals surface area contributed by atoms with Gasteiger partial charge in [-0.2, -0.15) is 13.2 Å². The van der Waals surface area contributed by atoms with Crippen molar-refractivity contribution in [2.75, 3.05) is 38.3 Å². The largest absolute Gasteiger partial charge is 0.454 e. The number of halogens is 3. The van der Waals surface area contributed by atoms with Crippen LogP contribution in [0.1, 0.15) is 16.7 Å². The summed E-state index contributed by atoms with van der Waals surface area (Å²) in [6.07, 6.45) is -4.43. The molecule has 1 fully saturated rings. The van der Waals surface area contributed by atoms with Crippen LogP contribution in [0.25, 0.3) is 0 Å². The molecule has 0 bridgehead atoms. The highest BCUT2D eigenvalue weighted by molar-refractivity contribution is 6.07. The van der Waals surface area contributed by atoms with Crippen molar-refractivity contribution in [3.63, 3.8) is 0 Å². The van der Waals surface area contributed by atoms with Crippen molar-refractivity contribution in [1.29, 1.82) is 0 Å². The van der Waals surface area contributed by atoms with Gasteiger partial charge in [-0.1, -0.05) is 18.2 Å². The lowest BCUT2D eigenvalue weighted by molar-refractivity contribution is -0.137. The number of hydrogen-bond donors (Lipinski definition) is 1. The normalized spacial score (nSPS) is 17.2. The lowest BCUT2D eigenvalue weighted by atomic mass is 10.1. The molecule has 1 N–H and O–H groups in total.